The number of nitrogens with one attached hydrogen (secondary N) is 1. The molecule has 0 aliphatic heterocycles. The van der Waals surface area contributed by atoms with Gasteiger partial charge in [0.25, 0.3) is 0 Å². The molecule has 2 aromatic heterocycles. The third-order valence-electron chi connectivity index (χ3n) is 2.54. The van der Waals surface area contributed by atoms with Crippen molar-refractivity contribution in [2.45, 2.75) is 6.61 Å². The van der Waals surface area contributed by atoms with Crippen LogP contribution in [0, 0.1) is 0 Å². The van der Waals surface area contributed by atoms with Crippen LogP contribution in [0.5, 0.6) is 0 Å². The molecule has 0 saturated heterocycles. The summed E-state index contributed by atoms with van der Waals surface area (Å²) >= 11 is 0. The number of hydrogen-bond donors (Lipinski definition) is 2. The highest BCUT2D eigenvalue weighted by Crippen LogP contribution is 2.27. The molecule has 92 valence electrons. The summed E-state index contributed by atoms with van der Waals surface area (Å²) in [6.45, 7) is -0.150. The average molecular weight is 255 g/mol. The van der Waals surface area contributed by atoms with Crippen LogP contribution in [-0.4, -0.2) is 35.8 Å². The van der Waals surface area contributed by atoms with E-state index in [0.717, 1.165) is 10.2 Å². The quantitative estimate of drug-likeness (QED) is 0.828. The standard InChI is InChI=1S/C10H13N3O3S/c1-11-9-7(6-14)5-12-10-8(9)3-4-13(10)17(2,15)16/h3-5,14H,6H2,1-2H3,(H,11,12). The minimum Gasteiger partial charge on any atom is -0.392 e. The Balaban J connectivity index is 2.82. The molecule has 0 amide bonds. The molecule has 2 N–H and O–H groups in total. The molecule has 2 heterocycles. The zero-order chi connectivity index (χ0) is 12.6. The van der Waals surface area contributed by atoms with Gasteiger partial charge in [0.1, 0.15) is 0 Å². The molecule has 17 heavy (non-hydrogen) atoms. The topological polar surface area (TPSA) is 84.2 Å². The normalized spacial score (nSPS) is 11.9. The van der Waals surface area contributed by atoms with Crippen molar-refractivity contribution < 1.29 is 13.5 Å². The van der Waals surface area contributed by atoms with Gasteiger partial charge in [0, 0.05) is 30.4 Å². The Morgan fingerprint density at radius 1 is 1.53 bits per heavy atom. The minimum atomic E-state index is -3.37. The summed E-state index contributed by atoms with van der Waals surface area (Å²) in [5.74, 6) is 0. The SMILES string of the molecule is CNc1c(CO)cnc2c1ccn2S(C)(=O)=O. The number of rotatable bonds is 3. The Labute approximate surface area is 99.0 Å². The van der Waals surface area contributed by atoms with Crippen molar-refractivity contribution in [1.29, 1.82) is 0 Å². The highest BCUT2D eigenvalue weighted by Gasteiger charge is 2.15. The van der Waals surface area contributed by atoms with Crippen LogP contribution in [0.1, 0.15) is 5.56 Å². The van der Waals surface area contributed by atoms with Crippen molar-refractivity contribution >= 4 is 26.7 Å². The van der Waals surface area contributed by atoms with Gasteiger partial charge in [0.05, 0.1) is 18.6 Å². The number of nitrogens with zero attached hydrogens (tertiary/aromatic N) is 2. The number of pyridine rings is 1. The lowest BCUT2D eigenvalue weighted by molar-refractivity contribution is 0.282. The molecule has 2 aromatic rings. The third kappa shape index (κ3) is 1.87. The molecule has 0 saturated carbocycles. The van der Waals surface area contributed by atoms with E-state index in [1.165, 1.54) is 12.4 Å². The van der Waals surface area contributed by atoms with E-state index < -0.39 is 10.0 Å². The Hall–Kier alpha value is -1.60. The summed E-state index contributed by atoms with van der Waals surface area (Å²) < 4.78 is 24.1. The van der Waals surface area contributed by atoms with Crippen molar-refractivity contribution in [2.75, 3.05) is 18.6 Å². The first-order chi connectivity index (χ1) is 7.99. The van der Waals surface area contributed by atoms with Gasteiger partial charge in [0.2, 0.25) is 10.0 Å². The van der Waals surface area contributed by atoms with Crippen LogP contribution in [0.25, 0.3) is 11.0 Å². The van der Waals surface area contributed by atoms with Gasteiger partial charge in [-0.3, -0.25) is 0 Å². The lowest BCUT2D eigenvalue weighted by atomic mass is 10.2. The van der Waals surface area contributed by atoms with Gasteiger partial charge in [-0.2, -0.15) is 0 Å². The van der Waals surface area contributed by atoms with Crippen LogP contribution in [0.2, 0.25) is 0 Å². The molecule has 0 radical (unpaired) electrons. The summed E-state index contributed by atoms with van der Waals surface area (Å²) in [7, 11) is -1.65. The summed E-state index contributed by atoms with van der Waals surface area (Å²) in [4.78, 5) is 4.07. The van der Waals surface area contributed by atoms with Crippen LogP contribution >= 0.6 is 0 Å². The molecule has 2 rings (SSSR count). The number of fused-ring (bicyclic) bond motifs is 1. The van der Waals surface area contributed by atoms with Gasteiger partial charge >= 0.3 is 0 Å². The Kier molecular flexibility index (Phi) is 2.80. The zero-order valence-electron chi connectivity index (χ0n) is 9.51. The maximum absolute atomic E-state index is 11.5. The maximum Gasteiger partial charge on any atom is 0.237 e. The smallest absolute Gasteiger partial charge is 0.237 e. The Morgan fingerprint density at radius 3 is 2.76 bits per heavy atom. The minimum absolute atomic E-state index is 0.150. The van der Waals surface area contributed by atoms with Crippen LogP contribution in [0.3, 0.4) is 0 Å². The maximum atomic E-state index is 11.5. The fourth-order valence-electron chi connectivity index (χ4n) is 1.79. The average Bonchev–Trinajstić information content (AvgIpc) is 2.70. The molecular weight excluding hydrogens is 242 g/mol. The zero-order valence-corrected chi connectivity index (χ0v) is 10.3. The van der Waals surface area contributed by atoms with Crippen LogP contribution in [-0.2, 0) is 16.6 Å². The summed E-state index contributed by atoms with van der Waals surface area (Å²) in [5, 5.41) is 12.8. The van der Waals surface area contributed by atoms with Gasteiger partial charge < -0.3 is 10.4 Å². The van der Waals surface area contributed by atoms with Gasteiger partial charge in [-0.1, -0.05) is 0 Å². The van der Waals surface area contributed by atoms with Crippen molar-refractivity contribution in [3.63, 3.8) is 0 Å². The number of anilines is 1. The van der Waals surface area contributed by atoms with E-state index in [1.54, 1.807) is 13.1 Å². The van der Waals surface area contributed by atoms with E-state index in [2.05, 4.69) is 10.3 Å². The van der Waals surface area contributed by atoms with E-state index in [-0.39, 0.29) is 6.61 Å². The second kappa shape index (κ2) is 4.01. The highest BCUT2D eigenvalue weighted by molar-refractivity contribution is 7.89. The van der Waals surface area contributed by atoms with E-state index in [1.807, 2.05) is 0 Å². The molecule has 0 atom stereocenters. The predicted molar refractivity (Wildman–Crippen MR) is 65.4 cm³/mol. The lowest BCUT2D eigenvalue weighted by Gasteiger charge is -2.08. The molecule has 0 spiro atoms. The number of aromatic nitrogens is 2. The van der Waals surface area contributed by atoms with Crippen LogP contribution in [0.4, 0.5) is 5.69 Å². The number of aliphatic hydroxyl groups excluding tert-OH is 1. The fourth-order valence-corrected chi connectivity index (χ4v) is 2.53. The number of hydrogen-bond acceptors (Lipinski definition) is 5. The molecule has 0 unspecified atom stereocenters. The molecule has 0 bridgehead atoms. The van der Waals surface area contributed by atoms with Crippen molar-refractivity contribution in [1.82, 2.24) is 8.96 Å². The molecule has 6 nitrogen and oxygen atoms in total. The van der Waals surface area contributed by atoms with Gasteiger partial charge in [-0.05, 0) is 6.07 Å². The first-order valence-corrected chi connectivity index (χ1v) is 6.82. The summed E-state index contributed by atoms with van der Waals surface area (Å²) in [6.07, 6.45) is 4.04. The van der Waals surface area contributed by atoms with Crippen molar-refractivity contribution in [3.05, 3.63) is 24.0 Å². The molecule has 7 heteroatoms. The third-order valence-corrected chi connectivity index (χ3v) is 3.55. The molecular formula is C10H13N3O3S. The Morgan fingerprint density at radius 2 is 2.24 bits per heavy atom. The molecule has 0 aliphatic rings. The van der Waals surface area contributed by atoms with E-state index in [4.69, 9.17) is 0 Å². The van der Waals surface area contributed by atoms with Gasteiger partial charge in [-0.15, -0.1) is 0 Å². The number of aliphatic hydroxyl groups is 1. The first-order valence-electron chi connectivity index (χ1n) is 4.97. The summed E-state index contributed by atoms with van der Waals surface area (Å²) in [5.41, 5.74) is 1.68. The van der Waals surface area contributed by atoms with Crippen molar-refractivity contribution in [3.8, 4) is 0 Å². The largest absolute Gasteiger partial charge is 0.392 e. The van der Waals surface area contributed by atoms with Crippen LogP contribution in [0.15, 0.2) is 18.5 Å². The lowest BCUT2D eigenvalue weighted by Crippen LogP contribution is -2.09. The van der Waals surface area contributed by atoms with Gasteiger partial charge in [0.15, 0.2) is 5.65 Å². The summed E-state index contributed by atoms with van der Waals surface area (Å²) in [6, 6.07) is 1.66. The fraction of sp³-hybridized carbons (Fsp3) is 0.300. The Bertz CT molecular complexity index is 661. The first kappa shape index (κ1) is 11.9. The second-order valence-electron chi connectivity index (χ2n) is 3.68. The molecule has 0 aromatic carbocycles. The predicted octanol–water partition coefficient (Wildman–Crippen LogP) is 0.378. The van der Waals surface area contributed by atoms with Crippen molar-refractivity contribution in [2.24, 2.45) is 0 Å². The van der Waals surface area contributed by atoms with Crippen LogP contribution < -0.4 is 5.32 Å². The molecule has 0 aliphatic carbocycles. The van der Waals surface area contributed by atoms with Gasteiger partial charge in [-0.25, -0.2) is 17.4 Å². The highest BCUT2D eigenvalue weighted by atomic mass is 32.2. The van der Waals surface area contributed by atoms with E-state index >= 15 is 0 Å². The van der Waals surface area contributed by atoms with E-state index in [0.29, 0.717) is 22.3 Å². The molecule has 0 fully saturated rings. The van der Waals surface area contributed by atoms with E-state index in [9.17, 15) is 13.5 Å². The monoisotopic (exact) mass is 255 g/mol. The second-order valence-corrected chi connectivity index (χ2v) is 5.54.